The van der Waals surface area contributed by atoms with Gasteiger partial charge < -0.3 is 10.1 Å². The predicted octanol–water partition coefficient (Wildman–Crippen LogP) is 6.68. The Balaban J connectivity index is 1.59. The normalized spacial score (nSPS) is 15.4. The fraction of sp³-hybridized carbons (Fsp3) is 0.308. The standard InChI is InChI=1S/C26H22ClF3N4O3S/c1-3-37-25(36)19-15-10-9-13(2)11-17(15)38-24(19)32-23(35)21-20(27)22-31-16(14-7-5-4-6-8-14)12-18(26(28,29)30)34(22)33-21/h4-8,12-13H,3,9-11H2,1-2H3,(H,32,35)/t13-/m1/s1. The number of alkyl halides is 3. The molecule has 3 heterocycles. The number of fused-ring (bicyclic) bond motifs is 2. The number of carbonyl (C=O) groups is 2. The van der Waals surface area contributed by atoms with Crippen LogP contribution >= 0.6 is 22.9 Å². The van der Waals surface area contributed by atoms with Crippen molar-refractivity contribution in [3.8, 4) is 11.3 Å². The molecule has 1 aliphatic carbocycles. The molecule has 0 spiro atoms. The zero-order valence-corrected chi connectivity index (χ0v) is 21.9. The van der Waals surface area contributed by atoms with Crippen molar-refractivity contribution in [2.45, 2.75) is 39.3 Å². The van der Waals surface area contributed by atoms with Crippen molar-refractivity contribution < 1.29 is 27.5 Å². The monoisotopic (exact) mass is 562 g/mol. The zero-order valence-electron chi connectivity index (χ0n) is 20.4. The largest absolute Gasteiger partial charge is 0.462 e. The third-order valence-corrected chi connectivity index (χ3v) is 7.84. The minimum Gasteiger partial charge on any atom is -0.462 e. The maximum atomic E-state index is 14.0. The average molecular weight is 563 g/mol. The lowest BCUT2D eigenvalue weighted by atomic mass is 9.88. The van der Waals surface area contributed by atoms with Crippen molar-refractivity contribution in [3.05, 3.63) is 68.8 Å². The fourth-order valence-corrected chi connectivity index (χ4v) is 6.16. The summed E-state index contributed by atoms with van der Waals surface area (Å²) in [7, 11) is 0. The number of anilines is 1. The summed E-state index contributed by atoms with van der Waals surface area (Å²) in [6, 6.07) is 9.18. The molecule has 0 saturated heterocycles. The van der Waals surface area contributed by atoms with E-state index in [0.29, 0.717) is 22.4 Å². The van der Waals surface area contributed by atoms with Crippen molar-refractivity contribution in [1.29, 1.82) is 0 Å². The molecular weight excluding hydrogens is 541 g/mol. The molecule has 0 saturated carbocycles. The van der Waals surface area contributed by atoms with Crippen LogP contribution in [0.4, 0.5) is 18.2 Å². The lowest BCUT2D eigenvalue weighted by molar-refractivity contribution is -0.142. The molecule has 1 aliphatic rings. The number of rotatable bonds is 5. The van der Waals surface area contributed by atoms with Crippen LogP contribution in [-0.4, -0.2) is 33.1 Å². The van der Waals surface area contributed by atoms with Crippen LogP contribution in [0.1, 0.15) is 57.2 Å². The number of hydrogen-bond acceptors (Lipinski definition) is 6. The number of hydrogen-bond donors (Lipinski definition) is 1. The third kappa shape index (κ3) is 4.76. The number of carbonyl (C=O) groups excluding carboxylic acids is 2. The molecule has 3 aromatic heterocycles. The van der Waals surface area contributed by atoms with Gasteiger partial charge in [0.05, 0.1) is 17.9 Å². The molecule has 1 N–H and O–H groups in total. The highest BCUT2D eigenvalue weighted by Gasteiger charge is 2.37. The van der Waals surface area contributed by atoms with Crippen LogP contribution in [0.25, 0.3) is 16.9 Å². The Bertz CT molecular complexity index is 1550. The molecule has 1 aromatic carbocycles. The molecule has 0 bridgehead atoms. The molecule has 1 atom stereocenters. The third-order valence-electron chi connectivity index (χ3n) is 6.33. The number of amides is 1. The van der Waals surface area contributed by atoms with Crippen molar-refractivity contribution in [1.82, 2.24) is 14.6 Å². The first kappa shape index (κ1) is 26.2. The van der Waals surface area contributed by atoms with Gasteiger partial charge in [-0.2, -0.15) is 18.3 Å². The second-order valence-corrected chi connectivity index (χ2v) is 10.5. The Hall–Kier alpha value is -3.44. The van der Waals surface area contributed by atoms with E-state index < -0.39 is 29.4 Å². The molecule has 4 aromatic rings. The molecule has 1 amide bonds. The number of thiophene rings is 1. The van der Waals surface area contributed by atoms with Gasteiger partial charge >= 0.3 is 12.1 Å². The summed E-state index contributed by atoms with van der Waals surface area (Å²) in [6.07, 6.45) is -2.50. The van der Waals surface area contributed by atoms with Gasteiger partial charge in [-0.15, -0.1) is 11.3 Å². The van der Waals surface area contributed by atoms with E-state index in [1.165, 1.54) is 11.3 Å². The van der Waals surface area contributed by atoms with Crippen LogP contribution in [0.15, 0.2) is 36.4 Å². The van der Waals surface area contributed by atoms with Crippen LogP contribution in [0.5, 0.6) is 0 Å². The summed E-state index contributed by atoms with van der Waals surface area (Å²) in [5, 5.41) is 6.47. The van der Waals surface area contributed by atoms with Gasteiger partial charge in [0, 0.05) is 10.4 Å². The van der Waals surface area contributed by atoms with Crippen molar-refractivity contribution >= 4 is 45.5 Å². The number of benzene rings is 1. The zero-order chi connectivity index (χ0) is 27.2. The first-order chi connectivity index (χ1) is 18.1. The SMILES string of the molecule is CCOC(=O)c1c(NC(=O)c2nn3c(C(F)(F)F)cc(-c4ccccc4)nc3c2Cl)sc2c1CC[C@@H](C)C2. The minimum atomic E-state index is -4.80. The van der Waals surface area contributed by atoms with E-state index >= 15 is 0 Å². The van der Waals surface area contributed by atoms with Crippen LogP contribution in [0, 0.1) is 5.92 Å². The van der Waals surface area contributed by atoms with E-state index in [-0.39, 0.29) is 33.5 Å². The highest BCUT2D eigenvalue weighted by molar-refractivity contribution is 7.17. The van der Waals surface area contributed by atoms with E-state index in [4.69, 9.17) is 16.3 Å². The number of nitrogens with one attached hydrogen (secondary N) is 1. The summed E-state index contributed by atoms with van der Waals surface area (Å²) in [6.45, 7) is 3.94. The number of esters is 1. The van der Waals surface area contributed by atoms with Crippen LogP contribution in [-0.2, 0) is 23.8 Å². The smallest absolute Gasteiger partial charge is 0.433 e. The van der Waals surface area contributed by atoms with Gasteiger partial charge in [-0.05, 0) is 43.7 Å². The van der Waals surface area contributed by atoms with Crippen LogP contribution in [0.2, 0.25) is 5.02 Å². The van der Waals surface area contributed by atoms with Crippen LogP contribution in [0.3, 0.4) is 0 Å². The topological polar surface area (TPSA) is 85.6 Å². The molecule has 0 radical (unpaired) electrons. The van der Waals surface area contributed by atoms with E-state index in [2.05, 4.69) is 22.3 Å². The summed E-state index contributed by atoms with van der Waals surface area (Å²) in [4.78, 5) is 31.3. The van der Waals surface area contributed by atoms with Crippen molar-refractivity contribution in [2.24, 2.45) is 5.92 Å². The van der Waals surface area contributed by atoms with Gasteiger partial charge in [0.2, 0.25) is 0 Å². The van der Waals surface area contributed by atoms with Crippen molar-refractivity contribution in [2.75, 3.05) is 11.9 Å². The van der Waals surface area contributed by atoms with E-state index in [0.717, 1.165) is 29.3 Å². The van der Waals surface area contributed by atoms with E-state index in [9.17, 15) is 22.8 Å². The summed E-state index contributed by atoms with van der Waals surface area (Å²) < 4.78 is 47.7. The molecule has 38 heavy (non-hydrogen) atoms. The molecule has 5 rings (SSSR count). The quantitative estimate of drug-likeness (QED) is 0.274. The lowest BCUT2D eigenvalue weighted by Gasteiger charge is -2.18. The average Bonchev–Trinajstić information content (AvgIpc) is 3.40. The van der Waals surface area contributed by atoms with Gasteiger partial charge in [0.25, 0.3) is 5.91 Å². The Morgan fingerprint density at radius 1 is 1.26 bits per heavy atom. The number of nitrogens with zero attached hydrogens (tertiary/aromatic N) is 3. The predicted molar refractivity (Wildman–Crippen MR) is 138 cm³/mol. The van der Waals surface area contributed by atoms with E-state index in [1.54, 1.807) is 37.3 Å². The Kier molecular flexibility index (Phi) is 6.91. The number of ether oxygens (including phenoxy) is 1. The Morgan fingerprint density at radius 2 is 2.00 bits per heavy atom. The van der Waals surface area contributed by atoms with Crippen molar-refractivity contribution in [3.63, 3.8) is 0 Å². The molecule has 12 heteroatoms. The molecule has 0 fully saturated rings. The van der Waals surface area contributed by atoms with Gasteiger partial charge in [-0.3, -0.25) is 4.79 Å². The first-order valence-corrected chi connectivity index (χ1v) is 13.1. The number of halogens is 4. The lowest BCUT2D eigenvalue weighted by Crippen LogP contribution is -2.18. The second-order valence-electron chi connectivity index (χ2n) is 9.02. The van der Waals surface area contributed by atoms with Crippen LogP contribution < -0.4 is 5.32 Å². The molecule has 7 nitrogen and oxygen atoms in total. The molecule has 198 valence electrons. The second kappa shape index (κ2) is 10.0. The summed E-state index contributed by atoms with van der Waals surface area (Å²) in [5.74, 6) is -1.00. The molecular formula is C26H22ClF3N4O3S. The molecule has 0 unspecified atom stereocenters. The summed E-state index contributed by atoms with van der Waals surface area (Å²) in [5.41, 5.74) is -0.302. The van der Waals surface area contributed by atoms with Gasteiger partial charge in [-0.1, -0.05) is 48.9 Å². The Labute approximate surface area is 224 Å². The van der Waals surface area contributed by atoms with Gasteiger partial charge in [-0.25, -0.2) is 14.3 Å². The minimum absolute atomic E-state index is 0.0313. The first-order valence-electron chi connectivity index (χ1n) is 11.9. The van der Waals surface area contributed by atoms with Gasteiger partial charge in [0.15, 0.2) is 17.0 Å². The maximum Gasteiger partial charge on any atom is 0.433 e. The summed E-state index contributed by atoms with van der Waals surface area (Å²) >= 11 is 7.67. The van der Waals surface area contributed by atoms with E-state index in [1.807, 2.05) is 0 Å². The molecule has 0 aliphatic heterocycles. The van der Waals surface area contributed by atoms with Gasteiger partial charge in [0.1, 0.15) is 10.0 Å². The highest BCUT2D eigenvalue weighted by atomic mass is 35.5. The Morgan fingerprint density at radius 3 is 2.68 bits per heavy atom. The number of aromatic nitrogens is 3. The fourth-order valence-electron chi connectivity index (χ4n) is 4.52. The highest BCUT2D eigenvalue weighted by Crippen LogP contribution is 2.41. The maximum absolute atomic E-state index is 14.0.